The number of ketones is 3. The number of carboxylic acids is 1. The van der Waals surface area contributed by atoms with Gasteiger partial charge in [0, 0.05) is 30.3 Å². The third-order valence-corrected chi connectivity index (χ3v) is 11.7. The van der Waals surface area contributed by atoms with E-state index in [4.69, 9.17) is 0 Å². The molecule has 4 aliphatic rings. The summed E-state index contributed by atoms with van der Waals surface area (Å²) in [4.78, 5) is 52.0. The summed E-state index contributed by atoms with van der Waals surface area (Å²) in [6, 6.07) is 0. The lowest BCUT2D eigenvalue weighted by Crippen LogP contribution is -2.64. The van der Waals surface area contributed by atoms with E-state index in [1.54, 1.807) is 13.8 Å². The van der Waals surface area contributed by atoms with Crippen LogP contribution in [0.2, 0.25) is 0 Å². The molecule has 2 fully saturated rings. The highest BCUT2D eigenvalue weighted by Crippen LogP contribution is 2.70. The summed E-state index contributed by atoms with van der Waals surface area (Å²) >= 11 is 0. The zero-order chi connectivity index (χ0) is 28.7. The topological polar surface area (TPSA) is 149 Å². The van der Waals surface area contributed by atoms with Gasteiger partial charge in [0.25, 0.3) is 0 Å². The molecule has 2 unspecified atom stereocenters. The van der Waals surface area contributed by atoms with E-state index in [1.165, 1.54) is 6.92 Å². The van der Waals surface area contributed by atoms with Gasteiger partial charge in [-0.25, -0.2) is 0 Å². The van der Waals surface area contributed by atoms with Crippen molar-refractivity contribution in [3.05, 3.63) is 11.1 Å². The minimum atomic E-state index is -1.49. The number of hydrogen-bond donors (Lipinski definition) is 4. The second kappa shape index (κ2) is 9.07. The Bertz CT molecular complexity index is 1110. The van der Waals surface area contributed by atoms with Crippen molar-refractivity contribution in [3.8, 4) is 0 Å². The van der Waals surface area contributed by atoms with Crippen molar-refractivity contribution in [3.63, 3.8) is 0 Å². The van der Waals surface area contributed by atoms with Crippen LogP contribution in [0.4, 0.5) is 0 Å². The molecule has 0 saturated heterocycles. The van der Waals surface area contributed by atoms with E-state index in [1.807, 2.05) is 27.7 Å². The van der Waals surface area contributed by atoms with E-state index in [-0.39, 0.29) is 42.7 Å². The average Bonchev–Trinajstić information content (AvgIpc) is 3.03. The van der Waals surface area contributed by atoms with Gasteiger partial charge < -0.3 is 20.4 Å². The van der Waals surface area contributed by atoms with Gasteiger partial charge in [-0.05, 0) is 60.3 Å². The Labute approximate surface area is 224 Å². The molecule has 4 aliphatic carbocycles. The zero-order valence-corrected chi connectivity index (χ0v) is 23.7. The Kier molecular flexibility index (Phi) is 6.94. The largest absolute Gasteiger partial charge is 0.481 e. The lowest BCUT2D eigenvalue weighted by Gasteiger charge is -2.62. The molecule has 38 heavy (non-hydrogen) atoms. The van der Waals surface area contributed by atoms with Gasteiger partial charge in [0.15, 0.2) is 5.78 Å². The second-order valence-corrected chi connectivity index (χ2v) is 14.0. The quantitative estimate of drug-likeness (QED) is 0.408. The lowest BCUT2D eigenvalue weighted by molar-refractivity contribution is -0.159. The van der Waals surface area contributed by atoms with Crippen molar-refractivity contribution < 1.29 is 39.6 Å². The van der Waals surface area contributed by atoms with Crippen LogP contribution in [0.3, 0.4) is 0 Å². The number of aliphatic hydroxyl groups is 3. The highest BCUT2D eigenvalue weighted by molar-refractivity contribution is 6.07. The Morgan fingerprint density at radius 1 is 1.00 bits per heavy atom. The number of carboxylic acid groups (broad SMARTS) is 1. The maximum absolute atomic E-state index is 14.1. The predicted octanol–water partition coefficient (Wildman–Crippen LogP) is 3.10. The number of Topliss-reactive ketones (excluding diaryl/α,β-unsaturated/α-hetero) is 3. The molecule has 4 rings (SSSR count). The van der Waals surface area contributed by atoms with Gasteiger partial charge in [-0.2, -0.15) is 0 Å². The molecule has 0 aromatic rings. The van der Waals surface area contributed by atoms with E-state index >= 15 is 0 Å². The first-order valence-corrected chi connectivity index (χ1v) is 14.0. The fourth-order valence-electron chi connectivity index (χ4n) is 9.13. The number of hydrogen-bond acceptors (Lipinski definition) is 7. The SMILES string of the molecule is CC(CC(=O)C[C@@H](C)[C@H]1CC(=O)[C@@]2(C)C3=C(C(=O)[C@@H](O)[C@]12C)[C@@]1(C)CC[C@H](O)C(C)(C)C1C[C@@H]3O)C(=O)O. The van der Waals surface area contributed by atoms with Gasteiger partial charge >= 0.3 is 5.97 Å². The molecular formula is C30H44O8. The summed E-state index contributed by atoms with van der Waals surface area (Å²) in [5.41, 5.74) is -3.00. The van der Waals surface area contributed by atoms with E-state index in [9.17, 15) is 39.6 Å². The highest BCUT2D eigenvalue weighted by atomic mass is 16.4. The number of fused-ring (bicyclic) bond motifs is 4. The Morgan fingerprint density at radius 3 is 2.18 bits per heavy atom. The van der Waals surface area contributed by atoms with Gasteiger partial charge in [0.05, 0.1) is 23.5 Å². The van der Waals surface area contributed by atoms with Gasteiger partial charge in [-0.3, -0.25) is 19.2 Å². The van der Waals surface area contributed by atoms with Gasteiger partial charge in [0.1, 0.15) is 17.7 Å². The van der Waals surface area contributed by atoms with Gasteiger partial charge in [-0.1, -0.05) is 41.5 Å². The molecule has 0 aliphatic heterocycles. The summed E-state index contributed by atoms with van der Waals surface area (Å²) in [6.07, 6.45) is -1.84. The first-order chi connectivity index (χ1) is 17.4. The van der Waals surface area contributed by atoms with Crippen LogP contribution in [-0.4, -0.2) is 62.1 Å². The summed E-state index contributed by atoms with van der Waals surface area (Å²) in [6.45, 7) is 12.7. The second-order valence-electron chi connectivity index (χ2n) is 14.0. The molecule has 0 amide bonds. The summed E-state index contributed by atoms with van der Waals surface area (Å²) < 4.78 is 0. The lowest BCUT2D eigenvalue weighted by atomic mass is 9.42. The van der Waals surface area contributed by atoms with Crippen LogP contribution in [0.25, 0.3) is 0 Å². The number of carbonyl (C=O) groups is 4. The molecule has 4 N–H and O–H groups in total. The smallest absolute Gasteiger partial charge is 0.306 e. The van der Waals surface area contributed by atoms with Crippen molar-refractivity contribution in [2.45, 2.75) is 105 Å². The van der Waals surface area contributed by atoms with Gasteiger partial charge in [0.2, 0.25) is 0 Å². The Morgan fingerprint density at radius 2 is 1.61 bits per heavy atom. The summed E-state index contributed by atoms with van der Waals surface area (Å²) in [5, 5.41) is 43.3. The molecule has 0 aromatic heterocycles. The molecular weight excluding hydrogens is 488 g/mol. The van der Waals surface area contributed by atoms with Crippen LogP contribution in [0, 0.1) is 45.3 Å². The van der Waals surface area contributed by atoms with Crippen LogP contribution in [-0.2, 0) is 19.2 Å². The van der Waals surface area contributed by atoms with Crippen LogP contribution < -0.4 is 0 Å². The number of carbonyl (C=O) groups excluding carboxylic acids is 3. The maximum Gasteiger partial charge on any atom is 0.306 e. The molecule has 8 nitrogen and oxygen atoms in total. The average molecular weight is 533 g/mol. The van der Waals surface area contributed by atoms with Crippen LogP contribution >= 0.6 is 0 Å². The minimum Gasteiger partial charge on any atom is -0.481 e. The molecule has 0 spiro atoms. The molecule has 0 bridgehead atoms. The number of aliphatic carboxylic acids is 1. The van der Waals surface area contributed by atoms with Crippen molar-refractivity contribution in [1.82, 2.24) is 0 Å². The summed E-state index contributed by atoms with van der Waals surface area (Å²) in [5.74, 6) is -3.81. The third kappa shape index (κ3) is 3.66. The molecule has 212 valence electrons. The number of aliphatic hydroxyl groups excluding tert-OH is 3. The highest BCUT2D eigenvalue weighted by Gasteiger charge is 2.73. The van der Waals surface area contributed by atoms with E-state index in [0.29, 0.717) is 30.4 Å². The zero-order valence-electron chi connectivity index (χ0n) is 23.7. The minimum absolute atomic E-state index is 0.0441. The molecule has 0 aromatic carbocycles. The molecule has 10 atom stereocenters. The van der Waals surface area contributed by atoms with Crippen molar-refractivity contribution in [1.29, 1.82) is 0 Å². The fourth-order valence-corrected chi connectivity index (χ4v) is 9.13. The van der Waals surface area contributed by atoms with Crippen LogP contribution in [0.15, 0.2) is 11.1 Å². The van der Waals surface area contributed by atoms with E-state index < -0.39 is 63.6 Å². The Balaban J connectivity index is 1.79. The molecule has 8 heteroatoms. The van der Waals surface area contributed by atoms with E-state index in [0.717, 1.165) is 0 Å². The Hall–Kier alpha value is -1.90. The third-order valence-electron chi connectivity index (χ3n) is 11.7. The summed E-state index contributed by atoms with van der Waals surface area (Å²) in [7, 11) is 0. The maximum atomic E-state index is 14.1. The standard InChI is InChI=1S/C30H44O8/c1-14(10-16(31)11-15(2)26(37)38)17-12-21(34)30(7)22-18(32)13-19-27(3,4)20(33)8-9-28(19,5)23(22)24(35)25(36)29(17,30)6/h14-15,17-20,25,32-33,36H,8-13H2,1-7H3,(H,37,38)/t14-,15?,17-,18+,19?,20+,25-,28+,29+,30+/m1/s1. The number of rotatable bonds is 6. The van der Waals surface area contributed by atoms with E-state index in [2.05, 4.69) is 0 Å². The van der Waals surface area contributed by atoms with Crippen molar-refractivity contribution >= 4 is 23.3 Å². The molecule has 0 heterocycles. The first kappa shape index (κ1) is 29.1. The van der Waals surface area contributed by atoms with Crippen LogP contribution in [0.1, 0.15) is 87.0 Å². The normalized spacial score (nSPS) is 43.7. The molecule has 0 radical (unpaired) electrons. The van der Waals surface area contributed by atoms with Crippen molar-refractivity contribution in [2.75, 3.05) is 0 Å². The first-order valence-electron chi connectivity index (χ1n) is 14.0. The predicted molar refractivity (Wildman–Crippen MR) is 139 cm³/mol. The monoisotopic (exact) mass is 532 g/mol. The van der Waals surface area contributed by atoms with Gasteiger partial charge in [-0.15, -0.1) is 0 Å². The van der Waals surface area contributed by atoms with Crippen LogP contribution in [0.5, 0.6) is 0 Å². The fraction of sp³-hybridized carbons (Fsp3) is 0.800. The molecule has 2 saturated carbocycles. The van der Waals surface area contributed by atoms with Crippen molar-refractivity contribution in [2.24, 2.45) is 45.3 Å².